The summed E-state index contributed by atoms with van der Waals surface area (Å²) in [6.45, 7) is 1.44. The van der Waals surface area contributed by atoms with E-state index in [1.807, 2.05) is 54.6 Å². The number of rotatable bonds is 6. The smallest absolute Gasteiger partial charge is 0.272 e. The van der Waals surface area contributed by atoms with Crippen molar-refractivity contribution < 1.29 is 14.3 Å². The summed E-state index contributed by atoms with van der Waals surface area (Å²) in [6, 6.07) is 19.4. The zero-order valence-corrected chi connectivity index (χ0v) is 15.6. The van der Waals surface area contributed by atoms with Crippen LogP contribution in [0.25, 0.3) is 0 Å². The van der Waals surface area contributed by atoms with Crippen LogP contribution in [-0.2, 0) is 13.1 Å². The summed E-state index contributed by atoms with van der Waals surface area (Å²) >= 11 is 0. The van der Waals surface area contributed by atoms with Gasteiger partial charge in [-0.05, 0) is 35.4 Å². The fraction of sp³-hybridized carbons (Fsp3) is 0.182. The largest absolute Gasteiger partial charge is 0.454 e. The van der Waals surface area contributed by atoms with E-state index >= 15 is 0 Å². The van der Waals surface area contributed by atoms with Crippen molar-refractivity contribution in [2.45, 2.75) is 13.1 Å². The zero-order chi connectivity index (χ0) is 19.3. The Morgan fingerprint density at radius 2 is 1.86 bits per heavy atom. The van der Waals surface area contributed by atoms with Gasteiger partial charge in [0.15, 0.2) is 11.5 Å². The van der Waals surface area contributed by atoms with E-state index in [0.717, 1.165) is 28.3 Å². The highest BCUT2D eigenvalue weighted by atomic mass is 16.7. The molecular weight excluding hydrogens is 354 g/mol. The van der Waals surface area contributed by atoms with Gasteiger partial charge in [0.25, 0.3) is 5.91 Å². The third-order valence-electron chi connectivity index (χ3n) is 4.53. The maximum absolute atomic E-state index is 12.6. The first-order valence-electron chi connectivity index (χ1n) is 9.07. The van der Waals surface area contributed by atoms with Crippen molar-refractivity contribution in [2.24, 2.45) is 0 Å². The van der Waals surface area contributed by atoms with Crippen LogP contribution in [0.4, 0.5) is 5.69 Å². The quantitative estimate of drug-likeness (QED) is 0.712. The Bertz CT molecular complexity index is 959. The fourth-order valence-corrected chi connectivity index (χ4v) is 3.00. The molecule has 0 saturated heterocycles. The Morgan fingerprint density at radius 3 is 2.64 bits per heavy atom. The lowest BCUT2D eigenvalue weighted by molar-refractivity contribution is 0.0779. The van der Waals surface area contributed by atoms with Crippen LogP contribution in [0.3, 0.4) is 0 Å². The van der Waals surface area contributed by atoms with E-state index in [1.54, 1.807) is 24.2 Å². The van der Waals surface area contributed by atoms with Crippen molar-refractivity contribution in [1.82, 2.24) is 9.88 Å². The molecule has 3 aromatic rings. The number of hydrogen-bond donors (Lipinski definition) is 1. The minimum absolute atomic E-state index is 0.105. The number of fused-ring (bicyclic) bond motifs is 1. The Morgan fingerprint density at radius 1 is 1.04 bits per heavy atom. The number of ether oxygens (including phenoxy) is 2. The predicted octanol–water partition coefficient (Wildman–Crippen LogP) is 3.69. The molecule has 1 aromatic heterocycles. The molecule has 0 aliphatic carbocycles. The molecule has 0 saturated carbocycles. The number of anilines is 1. The molecule has 2 heterocycles. The first-order chi connectivity index (χ1) is 13.7. The number of aromatic nitrogens is 1. The Labute approximate surface area is 163 Å². The van der Waals surface area contributed by atoms with E-state index in [4.69, 9.17) is 9.47 Å². The van der Waals surface area contributed by atoms with Gasteiger partial charge in [-0.3, -0.25) is 4.79 Å². The van der Waals surface area contributed by atoms with Gasteiger partial charge in [-0.1, -0.05) is 36.4 Å². The monoisotopic (exact) mass is 375 g/mol. The fourth-order valence-electron chi connectivity index (χ4n) is 3.00. The summed E-state index contributed by atoms with van der Waals surface area (Å²) in [5.41, 5.74) is 3.43. The molecule has 4 rings (SSSR count). The van der Waals surface area contributed by atoms with Crippen LogP contribution < -0.4 is 14.8 Å². The van der Waals surface area contributed by atoms with Crippen LogP contribution in [0.15, 0.2) is 66.9 Å². The van der Waals surface area contributed by atoms with E-state index in [0.29, 0.717) is 18.8 Å². The number of nitrogens with zero attached hydrogens (tertiary/aromatic N) is 2. The number of carbonyl (C=O) groups is 1. The van der Waals surface area contributed by atoms with Gasteiger partial charge in [0.1, 0.15) is 5.69 Å². The molecular formula is C22H21N3O3. The van der Waals surface area contributed by atoms with Crippen LogP contribution in [-0.4, -0.2) is 29.6 Å². The molecule has 1 aliphatic heterocycles. The molecule has 1 aliphatic rings. The maximum atomic E-state index is 12.6. The second kappa shape index (κ2) is 8.00. The molecule has 0 radical (unpaired) electrons. The molecule has 1 amide bonds. The van der Waals surface area contributed by atoms with Crippen molar-refractivity contribution >= 4 is 11.6 Å². The number of hydrogen-bond acceptors (Lipinski definition) is 5. The number of pyridine rings is 1. The predicted molar refractivity (Wildman–Crippen MR) is 106 cm³/mol. The van der Waals surface area contributed by atoms with Crippen molar-refractivity contribution in [3.63, 3.8) is 0 Å². The highest BCUT2D eigenvalue weighted by Gasteiger charge is 2.14. The second-order valence-corrected chi connectivity index (χ2v) is 6.62. The molecule has 0 fully saturated rings. The van der Waals surface area contributed by atoms with E-state index in [-0.39, 0.29) is 12.7 Å². The number of benzene rings is 2. The van der Waals surface area contributed by atoms with Gasteiger partial charge in [-0.15, -0.1) is 0 Å². The highest BCUT2D eigenvalue weighted by molar-refractivity contribution is 5.92. The van der Waals surface area contributed by atoms with E-state index in [1.165, 1.54) is 0 Å². The molecule has 28 heavy (non-hydrogen) atoms. The Hall–Kier alpha value is -3.54. The van der Waals surface area contributed by atoms with Crippen LogP contribution in [0.1, 0.15) is 21.6 Å². The molecule has 142 valence electrons. The molecule has 2 aromatic carbocycles. The number of nitrogens with one attached hydrogen (secondary N) is 1. The van der Waals surface area contributed by atoms with Crippen LogP contribution >= 0.6 is 0 Å². The standard InChI is InChI=1S/C22H21N3O3/c1-25(14-16-5-3-2-4-6-16)22(26)19-9-8-18(13-24-19)23-12-17-7-10-20-21(11-17)28-15-27-20/h2-11,13,23H,12,14-15H2,1H3. The average Bonchev–Trinajstić information content (AvgIpc) is 3.21. The van der Waals surface area contributed by atoms with Crippen molar-refractivity contribution in [2.75, 3.05) is 19.2 Å². The molecule has 0 spiro atoms. The van der Waals surface area contributed by atoms with Crippen LogP contribution in [0.5, 0.6) is 11.5 Å². The third-order valence-corrected chi connectivity index (χ3v) is 4.53. The van der Waals surface area contributed by atoms with Gasteiger partial charge in [0, 0.05) is 20.1 Å². The van der Waals surface area contributed by atoms with E-state index in [2.05, 4.69) is 10.3 Å². The maximum Gasteiger partial charge on any atom is 0.272 e. The lowest BCUT2D eigenvalue weighted by Gasteiger charge is -2.17. The zero-order valence-electron chi connectivity index (χ0n) is 15.6. The van der Waals surface area contributed by atoms with Crippen LogP contribution in [0, 0.1) is 0 Å². The Balaban J connectivity index is 1.35. The average molecular weight is 375 g/mol. The first kappa shape index (κ1) is 17.9. The lowest BCUT2D eigenvalue weighted by Crippen LogP contribution is -2.26. The van der Waals surface area contributed by atoms with Gasteiger partial charge in [0.2, 0.25) is 6.79 Å². The number of carbonyl (C=O) groups excluding carboxylic acids is 1. The lowest BCUT2D eigenvalue weighted by atomic mass is 10.2. The van der Waals surface area contributed by atoms with E-state index < -0.39 is 0 Å². The first-order valence-corrected chi connectivity index (χ1v) is 9.07. The summed E-state index contributed by atoms with van der Waals surface area (Å²) in [7, 11) is 1.78. The van der Waals surface area contributed by atoms with Crippen molar-refractivity contribution in [1.29, 1.82) is 0 Å². The SMILES string of the molecule is CN(Cc1ccccc1)C(=O)c1ccc(NCc2ccc3c(c2)OCO3)cn1. The van der Waals surface area contributed by atoms with Gasteiger partial charge in [-0.25, -0.2) is 4.98 Å². The van der Waals surface area contributed by atoms with Crippen LogP contribution in [0.2, 0.25) is 0 Å². The molecule has 0 unspecified atom stereocenters. The summed E-state index contributed by atoms with van der Waals surface area (Å²) in [5, 5.41) is 3.30. The molecule has 0 bridgehead atoms. The molecule has 6 heteroatoms. The van der Waals surface area contributed by atoms with Crippen molar-refractivity contribution in [3.05, 3.63) is 83.7 Å². The Kier molecular flexibility index (Phi) is 5.10. The molecule has 6 nitrogen and oxygen atoms in total. The topological polar surface area (TPSA) is 63.7 Å². The second-order valence-electron chi connectivity index (χ2n) is 6.62. The summed E-state index contributed by atoms with van der Waals surface area (Å²) < 4.78 is 10.7. The molecule has 1 N–H and O–H groups in total. The van der Waals surface area contributed by atoms with Gasteiger partial charge in [0.05, 0.1) is 11.9 Å². The summed E-state index contributed by atoms with van der Waals surface area (Å²) in [5.74, 6) is 1.43. The minimum Gasteiger partial charge on any atom is -0.454 e. The highest BCUT2D eigenvalue weighted by Crippen LogP contribution is 2.32. The van der Waals surface area contributed by atoms with E-state index in [9.17, 15) is 4.79 Å². The van der Waals surface area contributed by atoms with Gasteiger partial charge < -0.3 is 19.7 Å². The normalized spacial score (nSPS) is 11.9. The van der Waals surface area contributed by atoms with Gasteiger partial charge >= 0.3 is 0 Å². The third kappa shape index (κ3) is 4.06. The molecule has 0 atom stereocenters. The van der Waals surface area contributed by atoms with Crippen molar-refractivity contribution in [3.8, 4) is 11.5 Å². The summed E-state index contributed by atoms with van der Waals surface area (Å²) in [6.07, 6.45) is 1.68. The van der Waals surface area contributed by atoms with Gasteiger partial charge in [-0.2, -0.15) is 0 Å². The number of amides is 1. The minimum atomic E-state index is -0.105. The summed E-state index contributed by atoms with van der Waals surface area (Å²) in [4.78, 5) is 18.5.